The summed E-state index contributed by atoms with van der Waals surface area (Å²) in [4.78, 5) is 15.0. The van der Waals surface area contributed by atoms with Gasteiger partial charge in [0, 0.05) is 28.8 Å². The van der Waals surface area contributed by atoms with Crippen molar-refractivity contribution in [2.24, 2.45) is 0 Å². The Morgan fingerprint density at radius 1 is 1.00 bits per heavy atom. The van der Waals surface area contributed by atoms with Crippen LogP contribution < -0.4 is 5.32 Å². The van der Waals surface area contributed by atoms with Gasteiger partial charge in [0.05, 0.1) is 0 Å². The van der Waals surface area contributed by atoms with Crippen LogP contribution in [0.4, 0.5) is 10.5 Å². The summed E-state index contributed by atoms with van der Waals surface area (Å²) in [6, 6.07) is 23.2. The first-order valence-electron chi connectivity index (χ1n) is 10.2. The fraction of sp³-hybridized carbons (Fsp3) is 0.192. The zero-order chi connectivity index (χ0) is 22.2. The van der Waals surface area contributed by atoms with Gasteiger partial charge in [-0.05, 0) is 55.2 Å². The zero-order valence-electron chi connectivity index (χ0n) is 17.7. The van der Waals surface area contributed by atoms with E-state index in [0.717, 1.165) is 28.0 Å². The van der Waals surface area contributed by atoms with Gasteiger partial charge in [0.25, 0.3) is 0 Å². The van der Waals surface area contributed by atoms with Crippen LogP contribution in [0, 0.1) is 6.92 Å². The Morgan fingerprint density at radius 3 is 2.42 bits per heavy atom. The van der Waals surface area contributed by atoms with Crippen LogP contribution in [-0.4, -0.2) is 24.0 Å². The molecule has 0 spiro atoms. The minimum absolute atomic E-state index is 0.139. The minimum atomic E-state index is -0.139. The number of nitrogens with one attached hydrogen (secondary N) is 1. The third-order valence-electron chi connectivity index (χ3n) is 4.99. The smallest absolute Gasteiger partial charge is 0.320 e. The lowest BCUT2D eigenvalue weighted by Gasteiger charge is -2.24. The number of carbonyl (C=O) groups is 1. The topological polar surface area (TPSA) is 32.3 Å². The van der Waals surface area contributed by atoms with Crippen LogP contribution in [-0.2, 0) is 6.42 Å². The molecular weight excluding hydrogens is 427 g/mol. The van der Waals surface area contributed by atoms with Crippen LogP contribution in [0.15, 0.2) is 78.4 Å². The van der Waals surface area contributed by atoms with E-state index in [1.165, 1.54) is 0 Å². The van der Waals surface area contributed by atoms with Gasteiger partial charge >= 0.3 is 6.03 Å². The van der Waals surface area contributed by atoms with E-state index in [9.17, 15) is 4.79 Å². The number of para-hydroxylation sites is 1. The maximum atomic E-state index is 13.1. The molecule has 5 heteroatoms. The SMILES string of the molecule is C/C(=C\c1ccccc1)CN(CCc1ccc(Cl)cc1Cl)C(=O)Nc1ccccc1C. The van der Waals surface area contributed by atoms with Crippen molar-refractivity contribution in [1.29, 1.82) is 0 Å². The molecular formula is C26H26Cl2N2O. The number of nitrogens with zero attached hydrogens (tertiary/aromatic N) is 1. The maximum absolute atomic E-state index is 13.1. The summed E-state index contributed by atoms with van der Waals surface area (Å²) in [5.74, 6) is 0. The van der Waals surface area contributed by atoms with E-state index in [-0.39, 0.29) is 6.03 Å². The van der Waals surface area contributed by atoms with E-state index >= 15 is 0 Å². The number of rotatable bonds is 7. The van der Waals surface area contributed by atoms with Crippen molar-refractivity contribution < 1.29 is 4.79 Å². The lowest BCUT2D eigenvalue weighted by molar-refractivity contribution is 0.216. The number of aryl methyl sites for hydroxylation is 1. The van der Waals surface area contributed by atoms with Crippen LogP contribution in [0.25, 0.3) is 6.08 Å². The number of anilines is 1. The first kappa shape index (κ1) is 22.9. The molecule has 2 amide bonds. The average molecular weight is 453 g/mol. The molecule has 3 aromatic rings. The Hall–Kier alpha value is -2.75. The molecule has 0 bridgehead atoms. The van der Waals surface area contributed by atoms with Gasteiger partial charge in [0.15, 0.2) is 0 Å². The van der Waals surface area contributed by atoms with Crippen molar-refractivity contribution >= 4 is 41.0 Å². The monoisotopic (exact) mass is 452 g/mol. The molecule has 0 saturated heterocycles. The summed E-state index contributed by atoms with van der Waals surface area (Å²) in [5.41, 5.74) is 5.00. The second-order valence-corrected chi connectivity index (χ2v) is 8.40. The van der Waals surface area contributed by atoms with E-state index in [0.29, 0.717) is 29.6 Å². The third kappa shape index (κ3) is 6.88. The summed E-state index contributed by atoms with van der Waals surface area (Å²) in [6.45, 7) is 5.06. The fourth-order valence-electron chi connectivity index (χ4n) is 3.32. The highest BCUT2D eigenvalue weighted by Gasteiger charge is 2.16. The van der Waals surface area contributed by atoms with Crippen LogP contribution in [0.3, 0.4) is 0 Å². The Balaban J connectivity index is 1.77. The van der Waals surface area contributed by atoms with Crippen molar-refractivity contribution in [3.63, 3.8) is 0 Å². The van der Waals surface area contributed by atoms with Gasteiger partial charge in [-0.3, -0.25) is 0 Å². The normalized spacial score (nSPS) is 11.3. The molecule has 0 radical (unpaired) electrons. The molecule has 3 nitrogen and oxygen atoms in total. The summed E-state index contributed by atoms with van der Waals surface area (Å²) in [7, 11) is 0. The molecule has 0 unspecified atom stereocenters. The Kier molecular flexibility index (Phi) is 8.16. The van der Waals surface area contributed by atoms with Gasteiger partial charge in [0.1, 0.15) is 0 Å². The highest BCUT2D eigenvalue weighted by atomic mass is 35.5. The largest absolute Gasteiger partial charge is 0.322 e. The Labute approximate surface area is 194 Å². The van der Waals surface area contributed by atoms with E-state index in [2.05, 4.69) is 23.5 Å². The summed E-state index contributed by atoms with van der Waals surface area (Å²) >= 11 is 12.4. The summed E-state index contributed by atoms with van der Waals surface area (Å²) < 4.78 is 0. The first-order valence-corrected chi connectivity index (χ1v) is 11.0. The number of halogens is 2. The summed E-state index contributed by atoms with van der Waals surface area (Å²) in [5, 5.41) is 4.26. The van der Waals surface area contributed by atoms with Crippen LogP contribution in [0.5, 0.6) is 0 Å². The van der Waals surface area contributed by atoms with E-state index < -0.39 is 0 Å². The second-order valence-electron chi connectivity index (χ2n) is 7.55. The standard InChI is InChI=1S/C26H26Cl2N2O/c1-19(16-21-9-4-3-5-10-21)18-30(15-14-22-12-13-23(27)17-24(22)28)26(31)29-25-11-7-6-8-20(25)2/h3-13,16-17H,14-15,18H2,1-2H3,(H,29,31)/b19-16+. The van der Waals surface area contributed by atoms with Crippen LogP contribution in [0.2, 0.25) is 10.0 Å². The van der Waals surface area contributed by atoms with Gasteiger partial charge in [-0.1, -0.05) is 89.4 Å². The zero-order valence-corrected chi connectivity index (χ0v) is 19.3. The molecule has 3 aromatic carbocycles. The quantitative estimate of drug-likeness (QED) is 0.395. The molecule has 0 aliphatic carbocycles. The number of hydrogen-bond donors (Lipinski definition) is 1. The van der Waals surface area contributed by atoms with Crippen LogP contribution >= 0.6 is 23.2 Å². The van der Waals surface area contributed by atoms with E-state index in [1.54, 1.807) is 6.07 Å². The van der Waals surface area contributed by atoms with Crippen LogP contribution in [0.1, 0.15) is 23.6 Å². The predicted octanol–water partition coefficient (Wildman–Crippen LogP) is 7.48. The van der Waals surface area contributed by atoms with Crippen molar-refractivity contribution in [3.05, 3.63) is 105 Å². The molecule has 0 heterocycles. The van der Waals surface area contributed by atoms with Gasteiger partial charge in [-0.15, -0.1) is 0 Å². The second kappa shape index (κ2) is 11.0. The molecule has 31 heavy (non-hydrogen) atoms. The molecule has 0 atom stereocenters. The fourth-order valence-corrected chi connectivity index (χ4v) is 3.82. The predicted molar refractivity (Wildman–Crippen MR) is 132 cm³/mol. The Bertz CT molecular complexity index is 1060. The van der Waals surface area contributed by atoms with E-state index in [4.69, 9.17) is 23.2 Å². The molecule has 160 valence electrons. The molecule has 0 aromatic heterocycles. The van der Waals surface area contributed by atoms with Crippen molar-refractivity contribution in [1.82, 2.24) is 4.90 Å². The lowest BCUT2D eigenvalue weighted by Crippen LogP contribution is -2.37. The maximum Gasteiger partial charge on any atom is 0.322 e. The number of benzene rings is 3. The van der Waals surface area contributed by atoms with Gasteiger partial charge < -0.3 is 10.2 Å². The van der Waals surface area contributed by atoms with E-state index in [1.807, 2.05) is 73.3 Å². The lowest BCUT2D eigenvalue weighted by atomic mass is 10.1. The van der Waals surface area contributed by atoms with Crippen molar-refractivity contribution in [3.8, 4) is 0 Å². The Morgan fingerprint density at radius 2 is 1.71 bits per heavy atom. The molecule has 0 aliphatic heterocycles. The van der Waals surface area contributed by atoms with Gasteiger partial charge in [-0.2, -0.15) is 0 Å². The van der Waals surface area contributed by atoms with Gasteiger partial charge in [-0.25, -0.2) is 4.79 Å². The molecule has 0 aliphatic rings. The highest BCUT2D eigenvalue weighted by Crippen LogP contribution is 2.22. The highest BCUT2D eigenvalue weighted by molar-refractivity contribution is 6.35. The van der Waals surface area contributed by atoms with Gasteiger partial charge in [0.2, 0.25) is 0 Å². The summed E-state index contributed by atoms with van der Waals surface area (Å²) in [6.07, 6.45) is 2.74. The number of urea groups is 1. The number of amides is 2. The molecule has 0 saturated carbocycles. The third-order valence-corrected chi connectivity index (χ3v) is 5.58. The minimum Gasteiger partial charge on any atom is -0.320 e. The average Bonchev–Trinajstić information content (AvgIpc) is 2.74. The van der Waals surface area contributed by atoms with Crippen molar-refractivity contribution in [2.75, 3.05) is 18.4 Å². The number of carbonyl (C=O) groups excluding carboxylic acids is 1. The first-order chi connectivity index (χ1) is 14.9. The molecule has 1 N–H and O–H groups in total. The number of hydrogen-bond acceptors (Lipinski definition) is 1. The van der Waals surface area contributed by atoms with Crippen molar-refractivity contribution in [2.45, 2.75) is 20.3 Å². The molecule has 0 fully saturated rings. The molecule has 3 rings (SSSR count).